The third-order valence-electron chi connectivity index (χ3n) is 4.70. The number of anilines is 1. The Bertz CT molecular complexity index is 768. The number of hydrogen-bond acceptors (Lipinski definition) is 3. The quantitative estimate of drug-likeness (QED) is 0.870. The lowest BCUT2D eigenvalue weighted by Crippen LogP contribution is -2.41. The summed E-state index contributed by atoms with van der Waals surface area (Å²) < 4.78 is 2.16. The summed E-state index contributed by atoms with van der Waals surface area (Å²) in [6, 6.07) is 7.82. The molecule has 25 heavy (non-hydrogen) atoms. The fourth-order valence-electron chi connectivity index (χ4n) is 3.28. The predicted octanol–water partition coefficient (Wildman–Crippen LogP) is 2.15. The molecule has 0 saturated carbocycles. The van der Waals surface area contributed by atoms with Crippen molar-refractivity contribution in [3.8, 4) is 0 Å². The van der Waals surface area contributed by atoms with Gasteiger partial charge in [-0.2, -0.15) is 0 Å². The number of benzene rings is 1. The number of rotatable bonds is 3. The van der Waals surface area contributed by atoms with Crippen molar-refractivity contribution in [2.45, 2.75) is 26.3 Å². The summed E-state index contributed by atoms with van der Waals surface area (Å²) in [5.41, 5.74) is 1.73. The van der Waals surface area contributed by atoms with Crippen LogP contribution in [0.2, 0.25) is 0 Å². The van der Waals surface area contributed by atoms with E-state index in [0.29, 0.717) is 18.8 Å². The number of fused-ring (bicyclic) bond motifs is 1. The Balaban J connectivity index is 1.70. The van der Waals surface area contributed by atoms with Gasteiger partial charge in [-0.1, -0.05) is 13.0 Å². The lowest BCUT2D eigenvalue weighted by atomic mass is 10.2. The van der Waals surface area contributed by atoms with Crippen molar-refractivity contribution in [3.63, 3.8) is 0 Å². The Morgan fingerprint density at radius 2 is 1.96 bits per heavy atom. The van der Waals surface area contributed by atoms with Crippen LogP contribution in [0.5, 0.6) is 0 Å². The summed E-state index contributed by atoms with van der Waals surface area (Å²) in [4.78, 5) is 28.6. The monoisotopic (exact) mass is 342 g/mol. The molecule has 1 aromatic heterocycles. The minimum atomic E-state index is -0.558. The Kier molecular flexibility index (Phi) is 5.38. The number of aryl methyl sites for hydroxylation is 1. The van der Waals surface area contributed by atoms with Gasteiger partial charge in [-0.25, -0.2) is 0 Å². The largest absolute Gasteiger partial charge is 0.347 e. The second-order valence-corrected chi connectivity index (χ2v) is 6.69. The van der Waals surface area contributed by atoms with Gasteiger partial charge in [0.15, 0.2) is 0 Å². The molecule has 134 valence electrons. The standard InChI is InChI=1S/C19H26N4O2/c1-3-8-22-11-7-15-5-6-16(14-17(15)22)20-18(24)19(25)23-10-4-9-21(2)12-13-23/h5-7,11,14H,3-4,8-10,12-13H2,1-2H3,(H,20,24). The molecule has 1 fully saturated rings. The van der Waals surface area contributed by atoms with Crippen molar-refractivity contribution in [1.29, 1.82) is 0 Å². The van der Waals surface area contributed by atoms with E-state index in [2.05, 4.69) is 34.0 Å². The van der Waals surface area contributed by atoms with E-state index in [0.717, 1.165) is 43.4 Å². The smallest absolute Gasteiger partial charge is 0.313 e. The number of aromatic nitrogens is 1. The molecule has 6 nitrogen and oxygen atoms in total. The third kappa shape index (κ3) is 4.02. The van der Waals surface area contributed by atoms with Gasteiger partial charge in [0.2, 0.25) is 0 Å². The van der Waals surface area contributed by atoms with Crippen LogP contribution in [0.3, 0.4) is 0 Å². The van der Waals surface area contributed by atoms with Crippen molar-refractivity contribution < 1.29 is 9.59 Å². The Morgan fingerprint density at radius 1 is 1.12 bits per heavy atom. The lowest BCUT2D eigenvalue weighted by Gasteiger charge is -2.19. The van der Waals surface area contributed by atoms with Gasteiger partial charge in [0.1, 0.15) is 0 Å². The van der Waals surface area contributed by atoms with Crippen LogP contribution in [0.1, 0.15) is 19.8 Å². The molecule has 1 aliphatic rings. The first kappa shape index (κ1) is 17.5. The molecule has 2 aromatic rings. The molecule has 0 atom stereocenters. The molecular weight excluding hydrogens is 316 g/mol. The van der Waals surface area contributed by atoms with Gasteiger partial charge in [-0.05, 0) is 50.0 Å². The number of amides is 2. The van der Waals surface area contributed by atoms with E-state index in [9.17, 15) is 9.59 Å². The zero-order valence-corrected chi connectivity index (χ0v) is 15.0. The van der Waals surface area contributed by atoms with Gasteiger partial charge in [0, 0.05) is 38.1 Å². The number of nitrogens with one attached hydrogen (secondary N) is 1. The molecule has 6 heteroatoms. The van der Waals surface area contributed by atoms with E-state index in [1.165, 1.54) is 0 Å². The number of carbonyl (C=O) groups is 2. The zero-order chi connectivity index (χ0) is 17.8. The van der Waals surface area contributed by atoms with E-state index >= 15 is 0 Å². The highest BCUT2D eigenvalue weighted by atomic mass is 16.2. The molecule has 0 bridgehead atoms. The third-order valence-corrected chi connectivity index (χ3v) is 4.70. The van der Waals surface area contributed by atoms with Gasteiger partial charge in [-0.3, -0.25) is 9.59 Å². The normalized spacial score (nSPS) is 16.0. The second-order valence-electron chi connectivity index (χ2n) is 6.69. The highest BCUT2D eigenvalue weighted by Crippen LogP contribution is 2.21. The van der Waals surface area contributed by atoms with Crippen molar-refractivity contribution in [1.82, 2.24) is 14.4 Å². The number of likely N-dealkylation sites (N-methyl/N-ethyl adjacent to an activating group) is 1. The van der Waals surface area contributed by atoms with Crippen LogP contribution in [0, 0.1) is 0 Å². The maximum atomic E-state index is 12.4. The average molecular weight is 342 g/mol. The number of nitrogens with zero attached hydrogens (tertiary/aromatic N) is 3. The zero-order valence-electron chi connectivity index (χ0n) is 15.0. The van der Waals surface area contributed by atoms with Crippen molar-refractivity contribution >= 4 is 28.4 Å². The van der Waals surface area contributed by atoms with Crippen LogP contribution in [0.25, 0.3) is 10.9 Å². The van der Waals surface area contributed by atoms with E-state index in [-0.39, 0.29) is 0 Å². The van der Waals surface area contributed by atoms with Gasteiger partial charge < -0.3 is 19.7 Å². The van der Waals surface area contributed by atoms with Crippen molar-refractivity contribution in [2.75, 3.05) is 38.5 Å². The minimum absolute atomic E-state index is 0.445. The highest BCUT2D eigenvalue weighted by Gasteiger charge is 2.23. The molecule has 1 N–H and O–H groups in total. The first-order valence-corrected chi connectivity index (χ1v) is 8.96. The summed E-state index contributed by atoms with van der Waals surface area (Å²) in [6.45, 7) is 6.05. The highest BCUT2D eigenvalue weighted by molar-refractivity contribution is 6.39. The average Bonchev–Trinajstić information content (AvgIpc) is 2.86. The molecule has 2 amide bonds. The van der Waals surface area contributed by atoms with Crippen molar-refractivity contribution in [3.05, 3.63) is 30.5 Å². The van der Waals surface area contributed by atoms with Crippen LogP contribution in [-0.2, 0) is 16.1 Å². The van der Waals surface area contributed by atoms with E-state index in [1.807, 2.05) is 25.2 Å². The molecule has 1 aromatic carbocycles. The fourth-order valence-corrected chi connectivity index (χ4v) is 3.28. The SMILES string of the molecule is CCCn1ccc2ccc(NC(=O)C(=O)N3CCCN(C)CC3)cc21. The Morgan fingerprint density at radius 3 is 2.76 bits per heavy atom. The van der Waals surface area contributed by atoms with Crippen LogP contribution in [-0.4, -0.2) is 59.4 Å². The molecule has 3 rings (SSSR count). The van der Waals surface area contributed by atoms with E-state index < -0.39 is 11.8 Å². The number of hydrogen-bond donors (Lipinski definition) is 1. The summed E-state index contributed by atoms with van der Waals surface area (Å²) >= 11 is 0. The van der Waals surface area contributed by atoms with Gasteiger partial charge in [0.05, 0.1) is 5.52 Å². The van der Waals surface area contributed by atoms with Gasteiger partial charge >= 0.3 is 11.8 Å². The molecule has 1 saturated heterocycles. The van der Waals surface area contributed by atoms with Gasteiger partial charge in [0.25, 0.3) is 0 Å². The minimum Gasteiger partial charge on any atom is -0.347 e. The van der Waals surface area contributed by atoms with Crippen LogP contribution in [0.4, 0.5) is 5.69 Å². The summed E-state index contributed by atoms with van der Waals surface area (Å²) in [6.07, 6.45) is 3.99. The fraction of sp³-hybridized carbons (Fsp3) is 0.474. The topological polar surface area (TPSA) is 57.6 Å². The second kappa shape index (κ2) is 7.70. The molecule has 0 aliphatic carbocycles. The molecule has 2 heterocycles. The number of carbonyl (C=O) groups excluding carboxylic acids is 2. The van der Waals surface area contributed by atoms with Crippen LogP contribution >= 0.6 is 0 Å². The van der Waals surface area contributed by atoms with Crippen LogP contribution in [0.15, 0.2) is 30.5 Å². The summed E-state index contributed by atoms with van der Waals surface area (Å²) in [5.74, 6) is -1.00. The van der Waals surface area contributed by atoms with E-state index in [1.54, 1.807) is 4.90 Å². The molecule has 0 spiro atoms. The Labute approximate surface area is 148 Å². The Hall–Kier alpha value is -2.34. The maximum absolute atomic E-state index is 12.4. The van der Waals surface area contributed by atoms with E-state index in [4.69, 9.17) is 0 Å². The van der Waals surface area contributed by atoms with Crippen molar-refractivity contribution in [2.24, 2.45) is 0 Å². The first-order valence-electron chi connectivity index (χ1n) is 8.96. The van der Waals surface area contributed by atoms with Gasteiger partial charge in [-0.15, -0.1) is 0 Å². The van der Waals surface area contributed by atoms with Crippen LogP contribution < -0.4 is 5.32 Å². The molecule has 0 radical (unpaired) electrons. The molecule has 1 aliphatic heterocycles. The maximum Gasteiger partial charge on any atom is 0.313 e. The molecule has 0 unspecified atom stereocenters. The summed E-state index contributed by atoms with van der Waals surface area (Å²) in [7, 11) is 2.04. The molecular formula is C19H26N4O2. The summed E-state index contributed by atoms with van der Waals surface area (Å²) in [5, 5.41) is 3.90. The lowest BCUT2D eigenvalue weighted by molar-refractivity contribution is -0.143. The first-order chi connectivity index (χ1) is 12.1. The predicted molar refractivity (Wildman–Crippen MR) is 99.6 cm³/mol.